The summed E-state index contributed by atoms with van der Waals surface area (Å²) in [4.78, 5) is 30.0. The number of aryl methyl sites for hydroxylation is 1. The van der Waals surface area contributed by atoms with E-state index < -0.39 is 5.97 Å². The van der Waals surface area contributed by atoms with E-state index in [1.165, 1.54) is 4.68 Å². The van der Waals surface area contributed by atoms with Crippen LogP contribution in [0.5, 0.6) is 5.75 Å². The molecule has 0 aliphatic rings. The van der Waals surface area contributed by atoms with Crippen molar-refractivity contribution in [2.24, 2.45) is 0 Å². The number of nitrogens with zero attached hydrogens (tertiary/aromatic N) is 5. The highest BCUT2D eigenvalue weighted by molar-refractivity contribution is 5.81. The molecule has 0 fully saturated rings. The van der Waals surface area contributed by atoms with E-state index in [0.717, 1.165) is 27.8 Å². The minimum atomic E-state index is -0.413. The van der Waals surface area contributed by atoms with Crippen LogP contribution in [-0.4, -0.2) is 49.8 Å². The SMILES string of the molecule is CCOC(=O)Cn1nnnc1CN(Cc1ccc(OC)cc1)Cc1cc2cccc(C)c2[nH]c1=O. The van der Waals surface area contributed by atoms with Gasteiger partial charge in [-0.3, -0.25) is 14.5 Å². The normalized spacial score (nSPS) is 11.2. The minimum Gasteiger partial charge on any atom is -0.497 e. The van der Waals surface area contributed by atoms with Crippen LogP contribution in [0.25, 0.3) is 10.9 Å². The van der Waals surface area contributed by atoms with Gasteiger partial charge in [0.25, 0.3) is 5.56 Å². The van der Waals surface area contributed by atoms with Crippen LogP contribution in [0, 0.1) is 6.92 Å². The first-order chi connectivity index (χ1) is 17.0. The average molecular weight is 477 g/mol. The number of methoxy groups -OCH3 is 1. The van der Waals surface area contributed by atoms with Crippen molar-refractivity contribution in [1.82, 2.24) is 30.1 Å². The van der Waals surface area contributed by atoms with Gasteiger partial charge < -0.3 is 14.5 Å². The molecule has 0 spiro atoms. The Morgan fingerprint density at radius 1 is 1.11 bits per heavy atom. The van der Waals surface area contributed by atoms with Gasteiger partial charge in [0.05, 0.1) is 25.8 Å². The maximum Gasteiger partial charge on any atom is 0.327 e. The molecule has 2 heterocycles. The molecule has 0 aliphatic heterocycles. The summed E-state index contributed by atoms with van der Waals surface area (Å²) in [7, 11) is 1.62. The smallest absolute Gasteiger partial charge is 0.327 e. The lowest BCUT2D eigenvalue weighted by molar-refractivity contribution is -0.144. The number of carbonyl (C=O) groups is 1. The van der Waals surface area contributed by atoms with Crippen LogP contribution in [0.4, 0.5) is 0 Å². The van der Waals surface area contributed by atoms with Crippen molar-refractivity contribution in [2.45, 2.75) is 40.0 Å². The first-order valence-corrected chi connectivity index (χ1v) is 11.3. The van der Waals surface area contributed by atoms with Crippen LogP contribution in [-0.2, 0) is 35.7 Å². The van der Waals surface area contributed by atoms with Gasteiger partial charge in [-0.25, -0.2) is 4.68 Å². The number of H-pyrrole nitrogens is 1. The van der Waals surface area contributed by atoms with E-state index in [1.807, 2.05) is 55.5 Å². The van der Waals surface area contributed by atoms with Crippen LogP contribution in [0.2, 0.25) is 0 Å². The number of hydrogen-bond acceptors (Lipinski definition) is 8. The standard InChI is InChI=1S/C25H28N6O4/c1-4-35-23(32)16-31-22(27-28-29-31)15-30(13-18-8-10-21(34-3)11-9-18)14-20-12-19-7-5-6-17(2)24(19)26-25(20)33/h5-12H,4,13-16H2,1-3H3,(H,26,33). The number of nitrogens with one attached hydrogen (secondary N) is 1. The Hall–Kier alpha value is -4.05. The van der Waals surface area contributed by atoms with Gasteiger partial charge in [-0.2, -0.15) is 0 Å². The average Bonchev–Trinajstić information content (AvgIpc) is 3.27. The number of carbonyl (C=O) groups excluding carboxylic acids is 1. The second-order valence-corrected chi connectivity index (χ2v) is 8.21. The van der Waals surface area contributed by atoms with Crippen molar-refractivity contribution >= 4 is 16.9 Å². The van der Waals surface area contributed by atoms with Crippen LogP contribution < -0.4 is 10.3 Å². The van der Waals surface area contributed by atoms with Crippen molar-refractivity contribution in [2.75, 3.05) is 13.7 Å². The van der Waals surface area contributed by atoms with Gasteiger partial charge in [-0.1, -0.05) is 30.3 Å². The van der Waals surface area contributed by atoms with Crippen LogP contribution in [0.15, 0.2) is 53.3 Å². The Bertz CT molecular complexity index is 1360. The molecule has 0 atom stereocenters. The van der Waals surface area contributed by atoms with E-state index in [-0.39, 0.29) is 18.7 Å². The number of para-hydroxylation sites is 1. The topological polar surface area (TPSA) is 115 Å². The molecule has 2 aromatic heterocycles. The Morgan fingerprint density at radius 2 is 1.91 bits per heavy atom. The Morgan fingerprint density at radius 3 is 2.66 bits per heavy atom. The molecule has 35 heavy (non-hydrogen) atoms. The zero-order chi connectivity index (χ0) is 24.8. The van der Waals surface area contributed by atoms with Crippen molar-refractivity contribution in [3.05, 3.63) is 81.4 Å². The van der Waals surface area contributed by atoms with E-state index in [1.54, 1.807) is 14.0 Å². The predicted molar refractivity (Wildman–Crippen MR) is 130 cm³/mol. The highest BCUT2D eigenvalue weighted by Gasteiger charge is 2.18. The number of esters is 1. The molecule has 1 N–H and O–H groups in total. The highest BCUT2D eigenvalue weighted by atomic mass is 16.5. The monoisotopic (exact) mass is 476 g/mol. The Kier molecular flexibility index (Phi) is 7.51. The number of rotatable bonds is 10. The molecular weight excluding hydrogens is 448 g/mol. The van der Waals surface area contributed by atoms with Gasteiger partial charge >= 0.3 is 5.97 Å². The van der Waals surface area contributed by atoms with Crippen molar-refractivity contribution in [3.63, 3.8) is 0 Å². The number of hydrogen-bond donors (Lipinski definition) is 1. The van der Waals surface area contributed by atoms with Gasteiger partial charge in [0, 0.05) is 18.7 Å². The fraction of sp³-hybridized carbons (Fsp3) is 0.320. The number of ether oxygens (including phenoxy) is 2. The second-order valence-electron chi connectivity index (χ2n) is 8.21. The van der Waals surface area contributed by atoms with E-state index in [0.29, 0.717) is 31.0 Å². The van der Waals surface area contributed by atoms with E-state index in [9.17, 15) is 9.59 Å². The third-order valence-electron chi connectivity index (χ3n) is 5.68. The van der Waals surface area contributed by atoms with Crippen LogP contribution in [0.3, 0.4) is 0 Å². The fourth-order valence-corrected chi connectivity index (χ4v) is 3.93. The number of benzene rings is 2. The molecule has 0 radical (unpaired) electrons. The van der Waals surface area contributed by atoms with Crippen LogP contribution in [0.1, 0.15) is 29.4 Å². The van der Waals surface area contributed by atoms with Crippen molar-refractivity contribution in [1.29, 1.82) is 0 Å². The number of tetrazole rings is 1. The number of aromatic amines is 1. The molecule has 0 saturated carbocycles. The molecule has 4 aromatic rings. The zero-order valence-electron chi connectivity index (χ0n) is 20.0. The summed E-state index contributed by atoms with van der Waals surface area (Å²) >= 11 is 0. The summed E-state index contributed by atoms with van der Waals surface area (Å²) < 4.78 is 11.7. The van der Waals surface area contributed by atoms with E-state index in [2.05, 4.69) is 25.4 Å². The molecular formula is C25H28N6O4. The fourth-order valence-electron chi connectivity index (χ4n) is 3.93. The molecule has 0 bridgehead atoms. The predicted octanol–water partition coefficient (Wildman–Crippen LogP) is 2.60. The first-order valence-electron chi connectivity index (χ1n) is 11.3. The summed E-state index contributed by atoms with van der Waals surface area (Å²) in [6.45, 7) is 5.13. The lowest BCUT2D eigenvalue weighted by Gasteiger charge is -2.22. The van der Waals surface area contributed by atoms with E-state index >= 15 is 0 Å². The molecule has 10 nitrogen and oxygen atoms in total. The summed E-state index contributed by atoms with van der Waals surface area (Å²) in [5.41, 5.74) is 3.36. The van der Waals surface area contributed by atoms with Crippen molar-refractivity contribution < 1.29 is 14.3 Å². The third-order valence-corrected chi connectivity index (χ3v) is 5.68. The maximum atomic E-state index is 12.9. The summed E-state index contributed by atoms with van der Waals surface area (Å²) in [5.74, 6) is 0.851. The molecule has 182 valence electrons. The quantitative estimate of drug-likeness (QED) is 0.347. The Labute approximate surface area is 202 Å². The largest absolute Gasteiger partial charge is 0.497 e. The van der Waals surface area contributed by atoms with Gasteiger partial charge in [0.15, 0.2) is 5.82 Å². The lowest BCUT2D eigenvalue weighted by Crippen LogP contribution is -2.28. The van der Waals surface area contributed by atoms with Gasteiger partial charge in [-0.15, -0.1) is 5.10 Å². The first kappa shape index (κ1) is 24.1. The number of pyridine rings is 1. The molecule has 0 amide bonds. The molecule has 0 saturated heterocycles. The van der Waals surface area contributed by atoms with Gasteiger partial charge in [0.1, 0.15) is 12.3 Å². The number of fused-ring (bicyclic) bond motifs is 1. The third kappa shape index (κ3) is 5.90. The molecule has 10 heteroatoms. The molecule has 0 aliphatic carbocycles. The highest BCUT2D eigenvalue weighted by Crippen LogP contribution is 2.18. The summed E-state index contributed by atoms with van der Waals surface area (Å²) in [6, 6.07) is 15.6. The van der Waals surface area contributed by atoms with Gasteiger partial charge in [-0.05, 0) is 59.0 Å². The molecule has 0 unspecified atom stereocenters. The minimum absolute atomic E-state index is 0.0810. The molecule has 4 rings (SSSR count). The summed E-state index contributed by atoms with van der Waals surface area (Å²) in [6.07, 6.45) is 0. The maximum absolute atomic E-state index is 12.9. The molecule has 2 aromatic carbocycles. The van der Waals surface area contributed by atoms with Crippen molar-refractivity contribution in [3.8, 4) is 5.75 Å². The zero-order valence-corrected chi connectivity index (χ0v) is 20.0. The van der Waals surface area contributed by atoms with E-state index in [4.69, 9.17) is 9.47 Å². The number of aromatic nitrogens is 5. The lowest BCUT2D eigenvalue weighted by atomic mass is 10.1. The Balaban J connectivity index is 1.63. The second kappa shape index (κ2) is 10.9. The summed E-state index contributed by atoms with van der Waals surface area (Å²) in [5, 5.41) is 12.8. The van der Waals surface area contributed by atoms with Crippen LogP contribution >= 0.6 is 0 Å². The van der Waals surface area contributed by atoms with Gasteiger partial charge in [0.2, 0.25) is 0 Å².